The number of H-pyrrole nitrogens is 1. The van der Waals surface area contributed by atoms with Gasteiger partial charge in [0.1, 0.15) is 0 Å². The zero-order valence-corrected chi connectivity index (χ0v) is 11.6. The minimum atomic E-state index is -0.410. The van der Waals surface area contributed by atoms with Gasteiger partial charge in [0, 0.05) is 24.5 Å². The number of benzene rings is 1. The van der Waals surface area contributed by atoms with Crippen molar-refractivity contribution in [3.63, 3.8) is 0 Å². The molecule has 0 fully saturated rings. The van der Waals surface area contributed by atoms with E-state index in [9.17, 15) is 4.39 Å². The SMILES string of the molecule is COc1cc2c(cc1F)[nH]c(=S)n2Cc1ccncc1. The molecule has 0 amide bonds. The van der Waals surface area contributed by atoms with E-state index in [0.717, 1.165) is 11.1 Å². The van der Waals surface area contributed by atoms with Crippen LogP contribution in [0.15, 0.2) is 36.7 Å². The fourth-order valence-electron chi connectivity index (χ4n) is 2.14. The lowest BCUT2D eigenvalue weighted by Crippen LogP contribution is -2.00. The monoisotopic (exact) mass is 289 g/mol. The summed E-state index contributed by atoms with van der Waals surface area (Å²) in [6, 6.07) is 6.88. The topological polar surface area (TPSA) is 42.8 Å². The van der Waals surface area contributed by atoms with Crippen LogP contribution in [0.2, 0.25) is 0 Å². The summed E-state index contributed by atoms with van der Waals surface area (Å²) in [6.07, 6.45) is 3.46. The molecule has 0 bridgehead atoms. The number of aromatic nitrogens is 3. The number of fused-ring (bicyclic) bond motifs is 1. The molecule has 20 heavy (non-hydrogen) atoms. The van der Waals surface area contributed by atoms with Crippen molar-refractivity contribution in [3.8, 4) is 5.75 Å². The van der Waals surface area contributed by atoms with Gasteiger partial charge in [-0.15, -0.1) is 0 Å². The van der Waals surface area contributed by atoms with E-state index in [0.29, 0.717) is 16.8 Å². The maximum atomic E-state index is 13.7. The second kappa shape index (κ2) is 5.05. The predicted octanol–water partition coefficient (Wildman–Crippen LogP) is 3.29. The largest absolute Gasteiger partial charge is 0.494 e. The van der Waals surface area contributed by atoms with E-state index >= 15 is 0 Å². The summed E-state index contributed by atoms with van der Waals surface area (Å²) in [5.41, 5.74) is 2.53. The van der Waals surface area contributed by atoms with E-state index in [1.807, 2.05) is 16.7 Å². The summed E-state index contributed by atoms with van der Waals surface area (Å²) in [5, 5.41) is 0. The second-order valence-electron chi connectivity index (χ2n) is 4.38. The van der Waals surface area contributed by atoms with Crippen LogP contribution in [0.4, 0.5) is 4.39 Å². The van der Waals surface area contributed by atoms with Crippen molar-refractivity contribution in [3.05, 3.63) is 52.8 Å². The highest BCUT2D eigenvalue weighted by Crippen LogP contribution is 2.25. The summed E-state index contributed by atoms with van der Waals surface area (Å²) in [4.78, 5) is 6.99. The molecule has 1 aromatic carbocycles. The molecule has 3 aromatic rings. The van der Waals surface area contributed by atoms with Crippen LogP contribution < -0.4 is 4.74 Å². The third-order valence-corrected chi connectivity index (χ3v) is 3.46. The van der Waals surface area contributed by atoms with Gasteiger partial charge in [0.05, 0.1) is 24.7 Å². The molecular formula is C14H12FN3OS. The Bertz CT molecular complexity index is 810. The smallest absolute Gasteiger partial charge is 0.178 e. The Balaban J connectivity index is 2.15. The Hall–Kier alpha value is -2.21. The van der Waals surface area contributed by atoms with Crippen molar-refractivity contribution in [1.29, 1.82) is 0 Å². The molecule has 2 heterocycles. The van der Waals surface area contributed by atoms with Crippen LogP contribution in [0, 0.1) is 10.6 Å². The number of halogens is 1. The van der Waals surface area contributed by atoms with E-state index in [4.69, 9.17) is 17.0 Å². The van der Waals surface area contributed by atoms with E-state index < -0.39 is 5.82 Å². The Kier molecular flexibility index (Phi) is 3.23. The Morgan fingerprint density at radius 2 is 2.10 bits per heavy atom. The number of ether oxygens (including phenoxy) is 1. The van der Waals surface area contributed by atoms with E-state index in [1.54, 1.807) is 18.5 Å². The van der Waals surface area contributed by atoms with Crippen molar-refractivity contribution in [2.75, 3.05) is 7.11 Å². The molecule has 0 atom stereocenters. The van der Waals surface area contributed by atoms with Gasteiger partial charge in [-0.25, -0.2) is 4.39 Å². The van der Waals surface area contributed by atoms with Gasteiger partial charge in [0.2, 0.25) is 0 Å². The van der Waals surface area contributed by atoms with Crippen LogP contribution in [0.3, 0.4) is 0 Å². The Labute approximate surface area is 119 Å². The van der Waals surface area contributed by atoms with Crippen LogP contribution in [-0.4, -0.2) is 21.6 Å². The van der Waals surface area contributed by atoms with Crippen molar-refractivity contribution in [2.24, 2.45) is 0 Å². The lowest BCUT2D eigenvalue weighted by atomic mass is 10.2. The summed E-state index contributed by atoms with van der Waals surface area (Å²) >= 11 is 5.30. The number of aromatic amines is 1. The van der Waals surface area contributed by atoms with Gasteiger partial charge in [0.15, 0.2) is 16.3 Å². The van der Waals surface area contributed by atoms with E-state index in [-0.39, 0.29) is 5.75 Å². The van der Waals surface area contributed by atoms with Gasteiger partial charge in [-0.1, -0.05) is 0 Å². The molecule has 0 aliphatic carbocycles. The fourth-order valence-corrected chi connectivity index (χ4v) is 2.42. The van der Waals surface area contributed by atoms with Gasteiger partial charge < -0.3 is 14.3 Å². The van der Waals surface area contributed by atoms with Crippen molar-refractivity contribution >= 4 is 23.3 Å². The number of hydrogen-bond acceptors (Lipinski definition) is 3. The van der Waals surface area contributed by atoms with Gasteiger partial charge in [-0.3, -0.25) is 4.98 Å². The van der Waals surface area contributed by atoms with Gasteiger partial charge in [0.25, 0.3) is 0 Å². The lowest BCUT2D eigenvalue weighted by Gasteiger charge is -2.06. The predicted molar refractivity (Wildman–Crippen MR) is 77.0 cm³/mol. The van der Waals surface area contributed by atoms with Crippen molar-refractivity contribution < 1.29 is 9.13 Å². The van der Waals surface area contributed by atoms with Gasteiger partial charge in [-0.2, -0.15) is 0 Å². The maximum Gasteiger partial charge on any atom is 0.178 e. The summed E-state index contributed by atoms with van der Waals surface area (Å²) in [7, 11) is 1.44. The first-order valence-corrected chi connectivity index (χ1v) is 6.45. The zero-order chi connectivity index (χ0) is 14.1. The summed E-state index contributed by atoms with van der Waals surface area (Å²) < 4.78 is 21.2. The number of methoxy groups -OCH3 is 1. The normalized spacial score (nSPS) is 10.9. The number of imidazole rings is 1. The molecule has 0 aliphatic rings. The van der Waals surface area contributed by atoms with Crippen molar-refractivity contribution in [2.45, 2.75) is 6.54 Å². The molecule has 102 valence electrons. The second-order valence-corrected chi connectivity index (χ2v) is 4.76. The third kappa shape index (κ3) is 2.18. The van der Waals surface area contributed by atoms with E-state index in [1.165, 1.54) is 13.2 Å². The van der Waals surface area contributed by atoms with Crippen LogP contribution in [0.25, 0.3) is 11.0 Å². The molecule has 0 aliphatic heterocycles. The first-order chi connectivity index (χ1) is 9.69. The van der Waals surface area contributed by atoms with Crippen LogP contribution in [0.5, 0.6) is 5.75 Å². The molecule has 4 nitrogen and oxygen atoms in total. The molecule has 0 spiro atoms. The molecule has 2 aromatic heterocycles. The average Bonchev–Trinajstić information content (AvgIpc) is 2.74. The van der Waals surface area contributed by atoms with Crippen molar-refractivity contribution in [1.82, 2.24) is 14.5 Å². The number of nitrogens with zero attached hydrogens (tertiary/aromatic N) is 2. The van der Waals surface area contributed by atoms with Crippen LogP contribution in [-0.2, 0) is 6.54 Å². The number of nitrogens with one attached hydrogen (secondary N) is 1. The first kappa shape index (κ1) is 12.8. The average molecular weight is 289 g/mol. The molecule has 0 radical (unpaired) electrons. The molecule has 0 saturated carbocycles. The third-order valence-electron chi connectivity index (χ3n) is 3.14. The zero-order valence-electron chi connectivity index (χ0n) is 10.8. The van der Waals surface area contributed by atoms with Crippen LogP contribution in [0.1, 0.15) is 5.56 Å². The number of rotatable bonds is 3. The Morgan fingerprint density at radius 3 is 2.80 bits per heavy atom. The minimum Gasteiger partial charge on any atom is -0.494 e. The highest BCUT2D eigenvalue weighted by molar-refractivity contribution is 7.71. The number of hydrogen-bond donors (Lipinski definition) is 1. The fraction of sp³-hybridized carbons (Fsp3) is 0.143. The number of pyridine rings is 1. The summed E-state index contributed by atoms with van der Waals surface area (Å²) in [5.74, 6) is -0.206. The van der Waals surface area contributed by atoms with Gasteiger partial charge in [-0.05, 0) is 29.9 Å². The van der Waals surface area contributed by atoms with Crippen LogP contribution >= 0.6 is 12.2 Å². The van der Waals surface area contributed by atoms with E-state index in [2.05, 4.69) is 9.97 Å². The minimum absolute atomic E-state index is 0.204. The van der Waals surface area contributed by atoms with Gasteiger partial charge >= 0.3 is 0 Å². The quantitative estimate of drug-likeness (QED) is 0.752. The first-order valence-electron chi connectivity index (χ1n) is 6.04. The molecule has 0 saturated heterocycles. The lowest BCUT2D eigenvalue weighted by molar-refractivity contribution is 0.387. The standard InChI is InChI=1S/C14H12FN3OS/c1-19-13-7-12-11(6-10(13)15)17-14(20)18(12)8-9-2-4-16-5-3-9/h2-7H,8H2,1H3,(H,17,20). The molecule has 1 N–H and O–H groups in total. The molecular weight excluding hydrogens is 277 g/mol. The Morgan fingerprint density at radius 1 is 1.35 bits per heavy atom. The molecule has 0 unspecified atom stereocenters. The summed E-state index contributed by atoms with van der Waals surface area (Å²) in [6.45, 7) is 0.593. The highest BCUT2D eigenvalue weighted by Gasteiger charge is 2.10. The highest BCUT2D eigenvalue weighted by atomic mass is 32.1. The molecule has 6 heteroatoms. The molecule has 3 rings (SSSR count). The maximum absolute atomic E-state index is 13.7.